The summed E-state index contributed by atoms with van der Waals surface area (Å²) in [5.41, 5.74) is 11.7. The van der Waals surface area contributed by atoms with Gasteiger partial charge in [-0.15, -0.1) is 0 Å². The maximum absolute atomic E-state index is 2.35. The van der Waals surface area contributed by atoms with E-state index in [1.165, 1.54) is 76.8 Å². The molecule has 6 aromatic carbocycles. The van der Waals surface area contributed by atoms with Crippen LogP contribution in [0.2, 0.25) is 0 Å². The minimum absolute atomic E-state index is 1.04. The van der Waals surface area contributed by atoms with Gasteiger partial charge in [-0.2, -0.15) is 0 Å². The van der Waals surface area contributed by atoms with Crippen molar-refractivity contribution in [3.05, 3.63) is 107 Å². The van der Waals surface area contributed by atoms with Crippen LogP contribution in [0.25, 0.3) is 54.6 Å². The van der Waals surface area contributed by atoms with Crippen molar-refractivity contribution in [2.45, 2.75) is 40.5 Å². The van der Waals surface area contributed by atoms with Gasteiger partial charge in [-0.1, -0.05) is 113 Å². The molecule has 0 N–H and O–H groups in total. The molecule has 0 atom stereocenters. The van der Waals surface area contributed by atoms with E-state index in [1.807, 2.05) is 27.7 Å². The highest BCUT2D eigenvalue weighted by Crippen LogP contribution is 2.53. The van der Waals surface area contributed by atoms with Crippen molar-refractivity contribution in [2.75, 3.05) is 0 Å². The van der Waals surface area contributed by atoms with Gasteiger partial charge in [0.1, 0.15) is 0 Å². The Morgan fingerprint density at radius 3 is 1.26 bits per heavy atom. The smallest absolute Gasteiger partial charge is 0.000705 e. The fourth-order valence-corrected chi connectivity index (χ4v) is 6.36. The zero-order valence-electron chi connectivity index (χ0n) is 20.5. The van der Waals surface area contributed by atoms with Crippen molar-refractivity contribution in [3.8, 4) is 22.3 Å². The van der Waals surface area contributed by atoms with Gasteiger partial charge in [0.25, 0.3) is 0 Å². The molecule has 0 aromatic heterocycles. The molecule has 0 amide bonds. The number of benzene rings is 6. The summed E-state index contributed by atoms with van der Waals surface area (Å²) in [6, 6.07) is 31.9. The molecule has 0 radical (unpaired) electrons. The summed E-state index contributed by atoms with van der Waals surface area (Å²) in [4.78, 5) is 0. The monoisotopic (exact) mass is 438 g/mol. The van der Waals surface area contributed by atoms with E-state index < -0.39 is 0 Å². The summed E-state index contributed by atoms with van der Waals surface area (Å²) in [7, 11) is 0. The summed E-state index contributed by atoms with van der Waals surface area (Å²) in [6.07, 6.45) is 2.08. The molecule has 166 valence electrons. The van der Waals surface area contributed by atoms with Gasteiger partial charge >= 0.3 is 0 Å². The Kier molecular flexibility index (Phi) is 4.92. The predicted molar refractivity (Wildman–Crippen MR) is 149 cm³/mol. The molecule has 2 aliphatic carbocycles. The zero-order valence-corrected chi connectivity index (χ0v) is 20.5. The van der Waals surface area contributed by atoms with Gasteiger partial charge in [-0.05, 0) is 89.7 Å². The van der Waals surface area contributed by atoms with Gasteiger partial charge in [0.2, 0.25) is 0 Å². The lowest BCUT2D eigenvalue weighted by molar-refractivity contribution is 1.28. The molecule has 34 heavy (non-hydrogen) atoms. The van der Waals surface area contributed by atoms with Crippen LogP contribution in [0.1, 0.15) is 49.9 Å². The van der Waals surface area contributed by atoms with Crippen molar-refractivity contribution in [3.63, 3.8) is 0 Å². The molecular formula is C34H30. The summed E-state index contributed by atoms with van der Waals surface area (Å²) in [6.45, 7) is 8.00. The van der Waals surface area contributed by atoms with E-state index in [0.29, 0.717) is 0 Å². The van der Waals surface area contributed by atoms with Crippen LogP contribution in [0.4, 0.5) is 0 Å². The van der Waals surface area contributed by atoms with Crippen LogP contribution in [0.15, 0.2) is 84.9 Å². The Morgan fingerprint density at radius 2 is 0.794 bits per heavy atom. The molecule has 6 aromatic rings. The number of rotatable bonds is 0. The fraction of sp³-hybridized carbons (Fsp3) is 0.176. The first-order valence-electron chi connectivity index (χ1n) is 12.8. The first-order valence-corrected chi connectivity index (χ1v) is 12.8. The molecule has 0 heterocycles. The molecule has 0 aliphatic heterocycles. The molecule has 2 aliphatic rings. The quantitative estimate of drug-likeness (QED) is 0.207. The Balaban J connectivity index is 0.000000519. The lowest BCUT2D eigenvalue weighted by Crippen LogP contribution is -1.94. The molecule has 0 saturated heterocycles. The van der Waals surface area contributed by atoms with E-state index in [0.717, 1.165) is 12.8 Å². The van der Waals surface area contributed by atoms with Gasteiger partial charge in [0, 0.05) is 0 Å². The lowest BCUT2D eigenvalue weighted by Gasteiger charge is -2.19. The maximum atomic E-state index is 2.35. The molecule has 0 spiro atoms. The van der Waals surface area contributed by atoms with Crippen LogP contribution in [-0.2, 0) is 12.8 Å². The predicted octanol–water partition coefficient (Wildman–Crippen LogP) is 9.78. The van der Waals surface area contributed by atoms with Crippen LogP contribution in [0.3, 0.4) is 0 Å². The highest BCUT2D eigenvalue weighted by atomic mass is 14.3. The molecule has 0 bridgehead atoms. The largest absolute Gasteiger partial charge is 0.0683 e. The Bertz CT molecular complexity index is 1560. The Morgan fingerprint density at radius 1 is 0.412 bits per heavy atom. The third kappa shape index (κ3) is 2.60. The molecule has 0 fully saturated rings. The Labute approximate surface area is 202 Å². The van der Waals surface area contributed by atoms with Crippen molar-refractivity contribution < 1.29 is 0 Å². The summed E-state index contributed by atoms with van der Waals surface area (Å²) < 4.78 is 0. The second-order valence-corrected chi connectivity index (χ2v) is 8.83. The summed E-state index contributed by atoms with van der Waals surface area (Å²) in [5, 5.41) is 8.66. The van der Waals surface area contributed by atoms with E-state index in [2.05, 4.69) is 84.9 Å². The second kappa shape index (κ2) is 7.99. The lowest BCUT2D eigenvalue weighted by atomic mass is 9.83. The first kappa shape index (κ1) is 20.9. The van der Waals surface area contributed by atoms with Gasteiger partial charge in [-0.3, -0.25) is 0 Å². The van der Waals surface area contributed by atoms with E-state index in [9.17, 15) is 0 Å². The van der Waals surface area contributed by atoms with Crippen LogP contribution in [-0.4, -0.2) is 0 Å². The van der Waals surface area contributed by atoms with Gasteiger partial charge < -0.3 is 0 Å². The second-order valence-electron chi connectivity index (χ2n) is 8.83. The highest BCUT2D eigenvalue weighted by molar-refractivity contribution is 6.32. The highest BCUT2D eigenvalue weighted by Gasteiger charge is 2.29. The zero-order chi connectivity index (χ0) is 23.4. The maximum Gasteiger partial charge on any atom is -0.000705 e. The van der Waals surface area contributed by atoms with Gasteiger partial charge in [-0.25, -0.2) is 0 Å². The topological polar surface area (TPSA) is 0 Å². The van der Waals surface area contributed by atoms with E-state index in [1.54, 1.807) is 0 Å². The standard InChI is InChI=1S/C30H18.2C2H6/c1-3-9-19-17(7-1)15-25-21-11-5-12-22-26-16-18-8-2-4-10-20(18)28(26)24-14-6-13-23(27(19)25)30(24)29(21)22;2*1-2/h1-14H,15-16H2;2*1-2H3. The third-order valence-electron chi connectivity index (χ3n) is 7.48. The average molecular weight is 439 g/mol. The van der Waals surface area contributed by atoms with Gasteiger partial charge in [0.05, 0.1) is 0 Å². The van der Waals surface area contributed by atoms with Crippen molar-refractivity contribution in [2.24, 2.45) is 0 Å². The van der Waals surface area contributed by atoms with E-state index >= 15 is 0 Å². The van der Waals surface area contributed by atoms with Crippen molar-refractivity contribution >= 4 is 32.3 Å². The first-order chi connectivity index (χ1) is 16.9. The summed E-state index contributed by atoms with van der Waals surface area (Å²) in [5.74, 6) is 0. The normalized spacial score (nSPS) is 12.5. The number of hydrogen-bond acceptors (Lipinski definition) is 0. The summed E-state index contributed by atoms with van der Waals surface area (Å²) >= 11 is 0. The molecular weight excluding hydrogens is 408 g/mol. The van der Waals surface area contributed by atoms with E-state index in [-0.39, 0.29) is 0 Å². The van der Waals surface area contributed by atoms with E-state index in [4.69, 9.17) is 0 Å². The fourth-order valence-electron chi connectivity index (χ4n) is 6.36. The van der Waals surface area contributed by atoms with Crippen LogP contribution in [0.5, 0.6) is 0 Å². The average Bonchev–Trinajstić information content (AvgIpc) is 3.50. The molecule has 0 nitrogen and oxygen atoms in total. The van der Waals surface area contributed by atoms with Crippen molar-refractivity contribution in [1.82, 2.24) is 0 Å². The van der Waals surface area contributed by atoms with Crippen LogP contribution in [0, 0.1) is 0 Å². The number of fused-ring (bicyclic) bond motifs is 10. The minimum Gasteiger partial charge on any atom is -0.0683 e. The number of hydrogen-bond donors (Lipinski definition) is 0. The molecule has 0 unspecified atom stereocenters. The van der Waals surface area contributed by atoms with Crippen LogP contribution >= 0.6 is 0 Å². The van der Waals surface area contributed by atoms with Crippen LogP contribution < -0.4 is 0 Å². The molecule has 8 rings (SSSR count). The van der Waals surface area contributed by atoms with Crippen molar-refractivity contribution in [1.29, 1.82) is 0 Å². The Hall–Kier alpha value is -3.64. The molecule has 0 heteroatoms. The SMILES string of the molecule is CC.CC.c1ccc2c(c1)Cc1c-2c2cccc3c4c(c5cccc1c5c23)Cc1ccccc1-4. The third-order valence-corrected chi connectivity index (χ3v) is 7.48. The molecule has 0 saturated carbocycles. The minimum atomic E-state index is 1.04. The van der Waals surface area contributed by atoms with Gasteiger partial charge in [0.15, 0.2) is 0 Å².